The Hall–Kier alpha value is -2.20. The smallest absolute Gasteiger partial charge is 0.253 e. The Balaban J connectivity index is 1.88. The van der Waals surface area contributed by atoms with Gasteiger partial charge in [-0.1, -0.05) is 30.3 Å². The normalized spacial score (nSPS) is 17.1. The Labute approximate surface area is 124 Å². The van der Waals surface area contributed by atoms with Crippen molar-refractivity contribution in [3.63, 3.8) is 0 Å². The number of amides is 1. The highest BCUT2D eigenvalue weighted by atomic mass is 16.5. The molecule has 0 saturated carbocycles. The van der Waals surface area contributed by atoms with Crippen LogP contribution in [0.15, 0.2) is 54.9 Å². The van der Waals surface area contributed by atoms with Crippen LogP contribution >= 0.6 is 0 Å². The number of carbonyl (C=O) groups excluding carboxylic acids is 1. The van der Waals surface area contributed by atoms with E-state index in [1.165, 1.54) is 0 Å². The molecule has 0 unspecified atom stereocenters. The minimum Gasteiger partial charge on any atom is -0.381 e. The second kappa shape index (κ2) is 6.06. The van der Waals surface area contributed by atoms with Crippen LogP contribution in [-0.2, 0) is 10.3 Å². The third kappa shape index (κ3) is 2.95. The van der Waals surface area contributed by atoms with E-state index in [-0.39, 0.29) is 11.4 Å². The number of ether oxygens (including phenoxy) is 1. The Bertz CT molecular complexity index is 593. The zero-order valence-electron chi connectivity index (χ0n) is 11.8. The molecular formula is C17H18N2O2. The molecular weight excluding hydrogens is 264 g/mol. The maximum atomic E-state index is 12.5. The van der Waals surface area contributed by atoms with Gasteiger partial charge in [0.05, 0.1) is 11.1 Å². The van der Waals surface area contributed by atoms with Crippen molar-refractivity contribution in [1.82, 2.24) is 10.3 Å². The molecule has 0 radical (unpaired) electrons. The second-order valence-electron chi connectivity index (χ2n) is 5.26. The Morgan fingerprint density at radius 1 is 1.10 bits per heavy atom. The molecule has 1 N–H and O–H groups in total. The summed E-state index contributed by atoms with van der Waals surface area (Å²) in [5, 5.41) is 3.21. The van der Waals surface area contributed by atoms with Gasteiger partial charge < -0.3 is 10.1 Å². The van der Waals surface area contributed by atoms with Gasteiger partial charge in [-0.25, -0.2) is 0 Å². The quantitative estimate of drug-likeness (QED) is 0.941. The number of nitrogens with zero attached hydrogens (tertiary/aromatic N) is 1. The van der Waals surface area contributed by atoms with E-state index in [9.17, 15) is 4.79 Å². The van der Waals surface area contributed by atoms with Crippen LogP contribution in [0.3, 0.4) is 0 Å². The summed E-state index contributed by atoms with van der Waals surface area (Å²) < 4.78 is 5.47. The first-order chi connectivity index (χ1) is 10.3. The van der Waals surface area contributed by atoms with Gasteiger partial charge >= 0.3 is 0 Å². The molecule has 1 amide bonds. The summed E-state index contributed by atoms with van der Waals surface area (Å²) >= 11 is 0. The summed E-state index contributed by atoms with van der Waals surface area (Å²) in [6.45, 7) is 1.31. The number of benzene rings is 1. The van der Waals surface area contributed by atoms with E-state index in [4.69, 9.17) is 4.74 Å². The van der Waals surface area contributed by atoms with Gasteiger partial charge in [0.2, 0.25) is 0 Å². The summed E-state index contributed by atoms with van der Waals surface area (Å²) in [7, 11) is 0. The number of pyridine rings is 1. The van der Waals surface area contributed by atoms with Gasteiger partial charge in [0.25, 0.3) is 5.91 Å². The second-order valence-corrected chi connectivity index (χ2v) is 5.26. The fraction of sp³-hybridized carbons (Fsp3) is 0.294. The lowest BCUT2D eigenvalue weighted by atomic mass is 9.82. The van der Waals surface area contributed by atoms with Crippen LogP contribution in [0.5, 0.6) is 0 Å². The van der Waals surface area contributed by atoms with E-state index < -0.39 is 0 Å². The first-order valence-electron chi connectivity index (χ1n) is 7.16. The van der Waals surface area contributed by atoms with Crippen molar-refractivity contribution in [3.8, 4) is 0 Å². The lowest BCUT2D eigenvalue weighted by molar-refractivity contribution is 0.0345. The molecule has 1 aliphatic rings. The van der Waals surface area contributed by atoms with Crippen molar-refractivity contribution in [3.05, 3.63) is 66.0 Å². The molecule has 2 aromatic rings. The van der Waals surface area contributed by atoms with E-state index in [0.717, 1.165) is 18.4 Å². The topological polar surface area (TPSA) is 51.2 Å². The molecule has 0 atom stereocenters. The summed E-state index contributed by atoms with van der Waals surface area (Å²) in [6.07, 6.45) is 4.82. The molecule has 0 bridgehead atoms. The predicted octanol–water partition coefficient (Wildman–Crippen LogP) is 2.52. The number of rotatable bonds is 3. The molecule has 1 aromatic heterocycles. The SMILES string of the molecule is O=C(NC1(c2ccccc2)CCOCC1)c1cccnc1. The summed E-state index contributed by atoms with van der Waals surface area (Å²) in [6, 6.07) is 13.7. The molecule has 4 heteroatoms. The maximum Gasteiger partial charge on any atom is 0.253 e. The highest BCUT2D eigenvalue weighted by molar-refractivity contribution is 5.94. The van der Waals surface area contributed by atoms with Crippen LogP contribution in [0.2, 0.25) is 0 Å². The highest BCUT2D eigenvalue weighted by Gasteiger charge is 2.36. The first-order valence-corrected chi connectivity index (χ1v) is 7.16. The van der Waals surface area contributed by atoms with Gasteiger partial charge in [0.1, 0.15) is 0 Å². The van der Waals surface area contributed by atoms with Gasteiger partial charge in [0, 0.05) is 25.6 Å². The van der Waals surface area contributed by atoms with Gasteiger partial charge in [-0.05, 0) is 30.5 Å². The third-order valence-electron chi connectivity index (χ3n) is 3.95. The van der Waals surface area contributed by atoms with Gasteiger partial charge in [-0.3, -0.25) is 9.78 Å². The first kappa shape index (κ1) is 13.8. The molecule has 2 heterocycles. The van der Waals surface area contributed by atoms with Crippen molar-refractivity contribution in [1.29, 1.82) is 0 Å². The minimum absolute atomic E-state index is 0.0890. The lowest BCUT2D eigenvalue weighted by Crippen LogP contribution is -2.49. The molecule has 4 nitrogen and oxygen atoms in total. The number of hydrogen-bond donors (Lipinski definition) is 1. The Morgan fingerprint density at radius 3 is 2.52 bits per heavy atom. The molecule has 21 heavy (non-hydrogen) atoms. The van der Waals surface area contributed by atoms with Crippen LogP contribution in [0, 0.1) is 0 Å². The molecule has 0 spiro atoms. The van der Waals surface area contributed by atoms with Crippen LogP contribution in [-0.4, -0.2) is 24.1 Å². The van der Waals surface area contributed by atoms with E-state index in [2.05, 4.69) is 22.4 Å². The molecule has 1 aromatic carbocycles. The minimum atomic E-state index is -0.355. The van der Waals surface area contributed by atoms with E-state index >= 15 is 0 Å². The average Bonchev–Trinajstić information content (AvgIpc) is 2.57. The van der Waals surface area contributed by atoms with Crippen LogP contribution in [0.4, 0.5) is 0 Å². The lowest BCUT2D eigenvalue weighted by Gasteiger charge is -2.38. The Morgan fingerprint density at radius 2 is 1.86 bits per heavy atom. The number of carbonyl (C=O) groups is 1. The van der Waals surface area contributed by atoms with Crippen molar-refractivity contribution in [2.75, 3.05) is 13.2 Å². The monoisotopic (exact) mass is 282 g/mol. The van der Waals surface area contributed by atoms with E-state index in [0.29, 0.717) is 18.8 Å². The van der Waals surface area contributed by atoms with Crippen LogP contribution in [0.1, 0.15) is 28.8 Å². The van der Waals surface area contributed by atoms with Crippen molar-refractivity contribution in [2.24, 2.45) is 0 Å². The number of hydrogen-bond acceptors (Lipinski definition) is 3. The largest absolute Gasteiger partial charge is 0.381 e. The van der Waals surface area contributed by atoms with Crippen molar-refractivity contribution in [2.45, 2.75) is 18.4 Å². The fourth-order valence-electron chi connectivity index (χ4n) is 2.75. The summed E-state index contributed by atoms with van der Waals surface area (Å²) in [5.41, 5.74) is 1.36. The molecule has 1 saturated heterocycles. The molecule has 3 rings (SSSR count). The average molecular weight is 282 g/mol. The van der Waals surface area contributed by atoms with Crippen LogP contribution in [0.25, 0.3) is 0 Å². The van der Waals surface area contributed by atoms with Gasteiger partial charge in [-0.2, -0.15) is 0 Å². The zero-order valence-corrected chi connectivity index (χ0v) is 11.8. The molecule has 1 fully saturated rings. The van der Waals surface area contributed by atoms with E-state index in [1.54, 1.807) is 24.5 Å². The van der Waals surface area contributed by atoms with E-state index in [1.807, 2.05) is 18.2 Å². The standard InChI is InChI=1S/C17H18N2O2/c20-16(14-5-4-10-18-13-14)19-17(8-11-21-12-9-17)15-6-2-1-3-7-15/h1-7,10,13H,8-9,11-12H2,(H,19,20). The predicted molar refractivity (Wildman–Crippen MR) is 79.9 cm³/mol. The van der Waals surface area contributed by atoms with Crippen molar-refractivity contribution >= 4 is 5.91 Å². The molecule has 108 valence electrons. The Kier molecular flexibility index (Phi) is 3.97. The fourth-order valence-corrected chi connectivity index (χ4v) is 2.75. The van der Waals surface area contributed by atoms with Gasteiger partial charge in [0.15, 0.2) is 0 Å². The highest BCUT2D eigenvalue weighted by Crippen LogP contribution is 2.32. The number of nitrogens with one attached hydrogen (secondary N) is 1. The number of aromatic nitrogens is 1. The van der Waals surface area contributed by atoms with Crippen molar-refractivity contribution < 1.29 is 9.53 Å². The third-order valence-corrected chi connectivity index (χ3v) is 3.95. The summed E-state index contributed by atoms with van der Waals surface area (Å²) in [5.74, 6) is -0.0890. The molecule has 0 aliphatic carbocycles. The van der Waals surface area contributed by atoms with Crippen LogP contribution < -0.4 is 5.32 Å². The maximum absolute atomic E-state index is 12.5. The summed E-state index contributed by atoms with van der Waals surface area (Å²) in [4.78, 5) is 16.5. The molecule has 1 aliphatic heterocycles. The zero-order chi connectivity index (χ0) is 14.5. The van der Waals surface area contributed by atoms with Gasteiger partial charge in [-0.15, -0.1) is 0 Å².